The van der Waals surface area contributed by atoms with Gasteiger partial charge in [-0.25, -0.2) is 9.97 Å². The summed E-state index contributed by atoms with van der Waals surface area (Å²) in [4.78, 5) is 31.3. The first-order chi connectivity index (χ1) is 13.3. The molecule has 1 saturated heterocycles. The first-order valence-electron chi connectivity index (χ1n) is 8.91. The third kappa shape index (κ3) is 3.17. The Morgan fingerprint density at radius 3 is 2.70 bits per heavy atom. The van der Waals surface area contributed by atoms with E-state index in [1.54, 1.807) is 16.7 Å². The van der Waals surface area contributed by atoms with Crippen molar-refractivity contribution >= 4 is 33.1 Å². The van der Waals surface area contributed by atoms with E-state index >= 15 is 0 Å². The maximum atomic E-state index is 12.1. The average molecular weight is 378 g/mol. The van der Waals surface area contributed by atoms with Crippen LogP contribution >= 0.6 is 11.3 Å². The van der Waals surface area contributed by atoms with E-state index < -0.39 is 0 Å². The second-order valence-electron chi connectivity index (χ2n) is 6.62. The number of hydrogen-bond acceptors (Lipinski definition) is 7. The summed E-state index contributed by atoms with van der Waals surface area (Å²) in [6.45, 7) is 4.27. The van der Waals surface area contributed by atoms with Crippen LogP contribution in [0, 0.1) is 0 Å². The molecule has 0 radical (unpaired) electrons. The normalized spacial score (nSPS) is 15.6. The van der Waals surface area contributed by atoms with E-state index in [1.165, 1.54) is 11.3 Å². The second kappa shape index (κ2) is 6.71. The molecule has 0 amide bonds. The van der Waals surface area contributed by atoms with Crippen LogP contribution in [0.2, 0.25) is 0 Å². The molecule has 5 rings (SSSR count). The van der Waals surface area contributed by atoms with Gasteiger partial charge in [-0.1, -0.05) is 12.1 Å². The van der Waals surface area contributed by atoms with Crippen LogP contribution in [0.25, 0.3) is 16.0 Å². The van der Waals surface area contributed by atoms with Crippen LogP contribution in [0.3, 0.4) is 0 Å². The largest absolute Gasteiger partial charge is 0.353 e. The molecule has 27 heavy (non-hydrogen) atoms. The van der Waals surface area contributed by atoms with Crippen LogP contribution in [0.1, 0.15) is 5.69 Å². The Morgan fingerprint density at radius 1 is 1.04 bits per heavy atom. The lowest BCUT2D eigenvalue weighted by Gasteiger charge is -2.35. The molecule has 0 aliphatic carbocycles. The zero-order valence-electron chi connectivity index (χ0n) is 14.7. The molecule has 1 aliphatic rings. The molecule has 0 bridgehead atoms. The number of para-hydroxylation sites is 2. The molecule has 0 unspecified atom stereocenters. The van der Waals surface area contributed by atoms with Crippen molar-refractivity contribution in [2.45, 2.75) is 6.54 Å². The number of benzene rings is 1. The number of rotatable bonds is 3. The third-order valence-corrected chi connectivity index (χ3v) is 5.63. The molecule has 0 spiro atoms. The Kier molecular flexibility index (Phi) is 4.06. The Labute approximate surface area is 159 Å². The summed E-state index contributed by atoms with van der Waals surface area (Å²) >= 11 is 1.49. The smallest absolute Gasteiger partial charge is 0.258 e. The van der Waals surface area contributed by atoms with Gasteiger partial charge in [-0.2, -0.15) is 0 Å². The summed E-state index contributed by atoms with van der Waals surface area (Å²) in [5.74, 6) is 0.921. The number of thiazole rings is 1. The number of nitrogens with zero attached hydrogens (tertiary/aromatic N) is 6. The molecule has 7 nitrogen and oxygen atoms in total. The van der Waals surface area contributed by atoms with Gasteiger partial charge in [-0.05, 0) is 12.1 Å². The Balaban J connectivity index is 1.28. The molecule has 1 aliphatic heterocycles. The van der Waals surface area contributed by atoms with Crippen molar-refractivity contribution in [1.29, 1.82) is 0 Å². The lowest BCUT2D eigenvalue weighted by Crippen LogP contribution is -2.46. The molecule has 4 heterocycles. The van der Waals surface area contributed by atoms with Gasteiger partial charge < -0.3 is 4.90 Å². The fourth-order valence-corrected chi connectivity index (χ4v) is 4.17. The minimum atomic E-state index is -0.0127. The van der Waals surface area contributed by atoms with Crippen molar-refractivity contribution in [3.8, 4) is 0 Å². The van der Waals surface area contributed by atoms with Crippen LogP contribution < -0.4 is 10.5 Å². The van der Waals surface area contributed by atoms with Crippen molar-refractivity contribution < 1.29 is 0 Å². The van der Waals surface area contributed by atoms with Gasteiger partial charge in [0.1, 0.15) is 5.82 Å². The summed E-state index contributed by atoms with van der Waals surface area (Å²) in [5.41, 5.74) is 2.66. The molecular formula is C19H18N6OS. The quantitative estimate of drug-likeness (QED) is 0.543. The van der Waals surface area contributed by atoms with Crippen molar-refractivity contribution in [2.24, 2.45) is 0 Å². The molecule has 1 aromatic carbocycles. The SMILES string of the molecule is O=c1cc(CN2CCN(c3cnc4ccccc4n3)CC2)nc2sccn12. The summed E-state index contributed by atoms with van der Waals surface area (Å²) < 4.78 is 1.59. The average Bonchev–Trinajstić information content (AvgIpc) is 3.17. The van der Waals surface area contributed by atoms with Crippen molar-refractivity contribution in [3.05, 3.63) is 64.2 Å². The number of hydrogen-bond donors (Lipinski definition) is 0. The minimum Gasteiger partial charge on any atom is -0.353 e. The van der Waals surface area contributed by atoms with Gasteiger partial charge in [0.05, 0.1) is 22.9 Å². The molecule has 4 aromatic rings. The maximum absolute atomic E-state index is 12.1. The summed E-state index contributed by atoms with van der Waals surface area (Å²) in [6.07, 6.45) is 3.62. The standard InChI is InChI=1S/C19H18N6OS/c26-18-11-14(21-19-25(18)9-10-27-19)13-23-5-7-24(8-6-23)17-12-20-15-3-1-2-4-16(15)22-17/h1-4,9-12H,5-8,13H2. The highest BCUT2D eigenvalue weighted by atomic mass is 32.1. The third-order valence-electron chi connectivity index (χ3n) is 4.87. The highest BCUT2D eigenvalue weighted by molar-refractivity contribution is 7.15. The first-order valence-corrected chi connectivity index (χ1v) is 9.79. The zero-order chi connectivity index (χ0) is 18.2. The minimum absolute atomic E-state index is 0.0127. The molecule has 0 atom stereocenters. The highest BCUT2D eigenvalue weighted by Crippen LogP contribution is 2.17. The van der Waals surface area contributed by atoms with Crippen LogP contribution in [-0.2, 0) is 6.54 Å². The van der Waals surface area contributed by atoms with Gasteiger partial charge in [-0.3, -0.25) is 19.1 Å². The lowest BCUT2D eigenvalue weighted by atomic mass is 10.2. The topological polar surface area (TPSA) is 66.6 Å². The van der Waals surface area contributed by atoms with Gasteiger partial charge >= 0.3 is 0 Å². The molecule has 136 valence electrons. The fraction of sp³-hybridized carbons (Fsp3) is 0.263. The van der Waals surface area contributed by atoms with Gasteiger partial charge in [-0.15, -0.1) is 11.3 Å². The van der Waals surface area contributed by atoms with E-state index in [4.69, 9.17) is 4.98 Å². The number of piperazine rings is 1. The van der Waals surface area contributed by atoms with Gasteiger partial charge in [0.15, 0.2) is 4.96 Å². The van der Waals surface area contributed by atoms with E-state index in [0.29, 0.717) is 6.54 Å². The molecule has 1 fully saturated rings. The predicted molar refractivity (Wildman–Crippen MR) is 106 cm³/mol. The first kappa shape index (κ1) is 16.3. The van der Waals surface area contributed by atoms with Crippen molar-refractivity contribution in [1.82, 2.24) is 24.3 Å². The molecule has 3 aromatic heterocycles. The second-order valence-corrected chi connectivity index (χ2v) is 7.49. The number of aromatic nitrogens is 4. The monoisotopic (exact) mass is 378 g/mol. The van der Waals surface area contributed by atoms with Crippen molar-refractivity contribution in [3.63, 3.8) is 0 Å². The summed E-state index contributed by atoms with van der Waals surface area (Å²) in [7, 11) is 0. The van der Waals surface area contributed by atoms with E-state index in [-0.39, 0.29) is 5.56 Å². The van der Waals surface area contributed by atoms with Crippen LogP contribution in [0.15, 0.2) is 52.9 Å². The van der Waals surface area contributed by atoms with Gasteiger partial charge in [0, 0.05) is 50.4 Å². The number of anilines is 1. The van der Waals surface area contributed by atoms with Crippen molar-refractivity contribution in [2.75, 3.05) is 31.1 Å². The predicted octanol–water partition coefficient (Wildman–Crippen LogP) is 2.02. The van der Waals surface area contributed by atoms with Gasteiger partial charge in [0.2, 0.25) is 0 Å². The van der Waals surface area contributed by atoms with Crippen LogP contribution in [0.4, 0.5) is 5.82 Å². The number of fused-ring (bicyclic) bond motifs is 2. The summed E-state index contributed by atoms with van der Waals surface area (Å²) in [5, 5.41) is 1.89. The highest BCUT2D eigenvalue weighted by Gasteiger charge is 2.19. The van der Waals surface area contributed by atoms with E-state index in [1.807, 2.05) is 35.8 Å². The summed E-state index contributed by atoms with van der Waals surface area (Å²) in [6, 6.07) is 9.57. The van der Waals surface area contributed by atoms with E-state index in [9.17, 15) is 4.79 Å². The van der Waals surface area contributed by atoms with Crippen LogP contribution in [0.5, 0.6) is 0 Å². The molecule has 0 N–H and O–H groups in total. The Bertz CT molecular complexity index is 1160. The molecule has 8 heteroatoms. The Hall–Kier alpha value is -2.84. The maximum Gasteiger partial charge on any atom is 0.258 e. The van der Waals surface area contributed by atoms with Gasteiger partial charge in [0.25, 0.3) is 5.56 Å². The fourth-order valence-electron chi connectivity index (χ4n) is 3.43. The van der Waals surface area contributed by atoms with Crippen LogP contribution in [-0.4, -0.2) is 50.4 Å². The zero-order valence-corrected chi connectivity index (χ0v) is 15.5. The Morgan fingerprint density at radius 2 is 1.85 bits per heavy atom. The molecule has 0 saturated carbocycles. The lowest BCUT2D eigenvalue weighted by molar-refractivity contribution is 0.246. The van der Waals surface area contributed by atoms with E-state index in [0.717, 1.165) is 53.7 Å². The van der Waals surface area contributed by atoms with E-state index in [2.05, 4.69) is 19.8 Å². The molecular weight excluding hydrogens is 360 g/mol.